The third kappa shape index (κ3) is 4.65. The van der Waals surface area contributed by atoms with Crippen LogP contribution < -0.4 is 15.9 Å². The average Bonchev–Trinajstić information content (AvgIpc) is 2.63. The highest BCUT2D eigenvalue weighted by atomic mass is 16.2. The highest BCUT2D eigenvalue weighted by Crippen LogP contribution is 2.21. The number of nitrogens with one attached hydrogen (secondary N) is 1. The number of anilines is 1. The summed E-state index contributed by atoms with van der Waals surface area (Å²) in [5, 5.41) is 2.80. The maximum absolute atomic E-state index is 12.0. The number of rotatable bonds is 5. The second-order valence-electron chi connectivity index (χ2n) is 6.50. The first kappa shape index (κ1) is 17.1. The summed E-state index contributed by atoms with van der Waals surface area (Å²) in [6.07, 6.45) is 7.15. The standard InChI is InChI=1S/C18H23N5O2/c1-14-5-9-22(10-6-14)16-4-3-15(11-20-16)12-21-17(24)13-23-8-2-7-19-18(23)25/h2-4,7-8,11,14H,5-6,9-10,12-13H2,1H3,(H,21,24). The first-order valence-electron chi connectivity index (χ1n) is 8.60. The molecule has 0 aromatic carbocycles. The van der Waals surface area contributed by atoms with Crippen molar-refractivity contribution in [3.05, 3.63) is 52.8 Å². The van der Waals surface area contributed by atoms with Crippen molar-refractivity contribution in [2.75, 3.05) is 18.0 Å². The zero-order chi connectivity index (χ0) is 17.6. The molecule has 7 heteroatoms. The minimum absolute atomic E-state index is 0.0376. The summed E-state index contributed by atoms with van der Waals surface area (Å²) < 4.78 is 1.27. The van der Waals surface area contributed by atoms with Crippen molar-refractivity contribution in [1.82, 2.24) is 19.9 Å². The Morgan fingerprint density at radius 2 is 2.08 bits per heavy atom. The number of carbonyl (C=O) groups is 1. The fourth-order valence-corrected chi connectivity index (χ4v) is 2.86. The third-order valence-corrected chi connectivity index (χ3v) is 4.50. The van der Waals surface area contributed by atoms with Crippen molar-refractivity contribution in [2.45, 2.75) is 32.9 Å². The monoisotopic (exact) mass is 341 g/mol. The van der Waals surface area contributed by atoms with Gasteiger partial charge in [0.15, 0.2) is 0 Å². The van der Waals surface area contributed by atoms with Gasteiger partial charge in [0.05, 0.1) is 0 Å². The minimum atomic E-state index is -0.431. The molecule has 0 radical (unpaired) electrons. The van der Waals surface area contributed by atoms with E-state index in [4.69, 9.17) is 0 Å². The SMILES string of the molecule is CC1CCN(c2ccc(CNC(=O)Cn3cccnc3=O)cn2)CC1. The normalized spacial score (nSPS) is 15.2. The predicted molar refractivity (Wildman–Crippen MR) is 95.2 cm³/mol. The quantitative estimate of drug-likeness (QED) is 0.884. The van der Waals surface area contributed by atoms with Crippen LogP contribution in [-0.2, 0) is 17.9 Å². The van der Waals surface area contributed by atoms with E-state index in [2.05, 4.69) is 27.1 Å². The molecule has 3 heterocycles. The van der Waals surface area contributed by atoms with Gasteiger partial charge in [-0.25, -0.2) is 14.8 Å². The first-order chi connectivity index (χ1) is 12.1. The number of pyridine rings is 1. The summed E-state index contributed by atoms with van der Waals surface area (Å²) in [4.78, 5) is 33.9. The van der Waals surface area contributed by atoms with Crippen LogP contribution in [0, 0.1) is 5.92 Å². The van der Waals surface area contributed by atoms with Crippen molar-refractivity contribution in [2.24, 2.45) is 5.92 Å². The van der Waals surface area contributed by atoms with Crippen LogP contribution in [0.2, 0.25) is 0 Å². The third-order valence-electron chi connectivity index (χ3n) is 4.50. The lowest BCUT2D eigenvalue weighted by atomic mass is 9.99. The summed E-state index contributed by atoms with van der Waals surface area (Å²) in [6.45, 7) is 4.73. The lowest BCUT2D eigenvalue weighted by molar-refractivity contribution is -0.121. The van der Waals surface area contributed by atoms with Gasteiger partial charge in [-0.3, -0.25) is 9.36 Å². The van der Waals surface area contributed by atoms with Crippen molar-refractivity contribution >= 4 is 11.7 Å². The number of nitrogens with zero attached hydrogens (tertiary/aromatic N) is 4. The Kier molecular flexibility index (Phi) is 5.42. The van der Waals surface area contributed by atoms with Gasteiger partial charge in [0.25, 0.3) is 0 Å². The van der Waals surface area contributed by atoms with E-state index in [1.54, 1.807) is 18.5 Å². The molecule has 0 spiro atoms. The van der Waals surface area contributed by atoms with Gasteiger partial charge in [0, 0.05) is 38.2 Å². The molecule has 0 unspecified atom stereocenters. The zero-order valence-electron chi connectivity index (χ0n) is 14.4. The van der Waals surface area contributed by atoms with Gasteiger partial charge in [-0.1, -0.05) is 13.0 Å². The summed E-state index contributed by atoms with van der Waals surface area (Å²) >= 11 is 0. The minimum Gasteiger partial charge on any atom is -0.357 e. The van der Waals surface area contributed by atoms with Crippen LogP contribution in [0.15, 0.2) is 41.6 Å². The molecule has 25 heavy (non-hydrogen) atoms. The van der Waals surface area contributed by atoms with Crippen molar-refractivity contribution in [3.63, 3.8) is 0 Å². The van der Waals surface area contributed by atoms with Crippen LogP contribution >= 0.6 is 0 Å². The molecule has 0 atom stereocenters. The van der Waals surface area contributed by atoms with E-state index in [1.165, 1.54) is 23.6 Å². The lowest BCUT2D eigenvalue weighted by Gasteiger charge is -2.31. The molecule has 0 saturated carbocycles. The van der Waals surface area contributed by atoms with E-state index in [-0.39, 0.29) is 12.5 Å². The van der Waals surface area contributed by atoms with Crippen LogP contribution in [0.1, 0.15) is 25.3 Å². The summed E-state index contributed by atoms with van der Waals surface area (Å²) in [6, 6.07) is 5.61. The number of piperidine rings is 1. The Bertz CT molecular complexity index is 764. The number of hydrogen-bond acceptors (Lipinski definition) is 5. The first-order valence-corrected chi connectivity index (χ1v) is 8.60. The Morgan fingerprint density at radius 3 is 2.76 bits per heavy atom. The molecule has 1 fully saturated rings. The topological polar surface area (TPSA) is 80.1 Å². The van der Waals surface area contributed by atoms with Gasteiger partial charge in [0.2, 0.25) is 5.91 Å². The fourth-order valence-electron chi connectivity index (χ4n) is 2.86. The molecule has 1 aliphatic heterocycles. The number of hydrogen-bond donors (Lipinski definition) is 1. The molecule has 1 amide bonds. The van der Waals surface area contributed by atoms with E-state index in [0.29, 0.717) is 6.54 Å². The Morgan fingerprint density at radius 1 is 1.28 bits per heavy atom. The highest BCUT2D eigenvalue weighted by Gasteiger charge is 2.16. The number of amides is 1. The highest BCUT2D eigenvalue weighted by molar-refractivity contribution is 5.75. The van der Waals surface area contributed by atoms with Crippen molar-refractivity contribution < 1.29 is 4.79 Å². The lowest BCUT2D eigenvalue weighted by Crippen LogP contribution is -2.33. The van der Waals surface area contributed by atoms with E-state index in [9.17, 15) is 9.59 Å². The van der Waals surface area contributed by atoms with Crippen molar-refractivity contribution in [3.8, 4) is 0 Å². The second kappa shape index (κ2) is 7.92. The van der Waals surface area contributed by atoms with Gasteiger partial charge < -0.3 is 10.2 Å². The molecule has 3 rings (SSSR count). The van der Waals surface area contributed by atoms with Crippen LogP contribution in [0.4, 0.5) is 5.82 Å². The molecular weight excluding hydrogens is 318 g/mol. The van der Waals surface area contributed by atoms with Crippen LogP contribution in [0.25, 0.3) is 0 Å². The summed E-state index contributed by atoms with van der Waals surface area (Å²) in [7, 11) is 0. The Labute approximate surface area is 146 Å². The second-order valence-corrected chi connectivity index (χ2v) is 6.50. The number of carbonyl (C=O) groups excluding carboxylic acids is 1. The zero-order valence-corrected chi connectivity index (χ0v) is 14.4. The van der Waals surface area contributed by atoms with E-state index in [0.717, 1.165) is 30.4 Å². The van der Waals surface area contributed by atoms with Gasteiger partial charge in [-0.2, -0.15) is 0 Å². The largest absolute Gasteiger partial charge is 0.357 e. The molecule has 2 aromatic rings. The molecule has 1 saturated heterocycles. The number of aromatic nitrogens is 3. The molecule has 2 aromatic heterocycles. The Balaban J connectivity index is 1.51. The maximum atomic E-state index is 12.0. The Hall–Kier alpha value is -2.70. The summed E-state index contributed by atoms with van der Waals surface area (Å²) in [5.74, 6) is 1.55. The summed E-state index contributed by atoms with van der Waals surface area (Å²) in [5.41, 5.74) is 0.500. The molecule has 132 valence electrons. The van der Waals surface area contributed by atoms with Gasteiger partial charge >= 0.3 is 5.69 Å². The van der Waals surface area contributed by atoms with Gasteiger partial charge in [-0.15, -0.1) is 0 Å². The molecular formula is C18H23N5O2. The molecule has 0 aliphatic carbocycles. The van der Waals surface area contributed by atoms with Gasteiger partial charge in [-0.05, 0) is 36.5 Å². The molecule has 7 nitrogen and oxygen atoms in total. The maximum Gasteiger partial charge on any atom is 0.347 e. The molecule has 1 N–H and O–H groups in total. The van der Waals surface area contributed by atoms with Crippen molar-refractivity contribution in [1.29, 1.82) is 0 Å². The smallest absolute Gasteiger partial charge is 0.347 e. The molecule has 0 bridgehead atoms. The van der Waals surface area contributed by atoms with Gasteiger partial charge in [0.1, 0.15) is 12.4 Å². The van der Waals surface area contributed by atoms with Crippen LogP contribution in [-0.4, -0.2) is 33.5 Å². The fraction of sp³-hybridized carbons (Fsp3) is 0.444. The predicted octanol–water partition coefficient (Wildman–Crippen LogP) is 1.19. The van der Waals surface area contributed by atoms with E-state index >= 15 is 0 Å². The van der Waals surface area contributed by atoms with Crippen LogP contribution in [0.3, 0.4) is 0 Å². The van der Waals surface area contributed by atoms with E-state index < -0.39 is 5.69 Å². The van der Waals surface area contributed by atoms with E-state index in [1.807, 2.05) is 12.1 Å². The molecule has 1 aliphatic rings. The van der Waals surface area contributed by atoms with Crippen LogP contribution in [0.5, 0.6) is 0 Å². The average molecular weight is 341 g/mol.